The molecule has 0 bridgehead atoms. The third kappa shape index (κ3) is 4.45. The molecule has 0 radical (unpaired) electrons. The fourth-order valence-corrected chi connectivity index (χ4v) is 1.83. The van der Waals surface area contributed by atoms with Crippen molar-refractivity contribution in [1.29, 1.82) is 0 Å². The largest absolute Gasteiger partial charge is 0.369 e. The summed E-state index contributed by atoms with van der Waals surface area (Å²) in [6.45, 7) is 8.43. The lowest BCUT2D eigenvalue weighted by atomic mass is 9.99. The molecule has 0 aromatic heterocycles. The number of hydrogen-bond donors (Lipinski definition) is 1. The molecule has 0 aliphatic carbocycles. The van der Waals surface area contributed by atoms with Crippen molar-refractivity contribution in [3.05, 3.63) is 35.4 Å². The molecule has 0 saturated carbocycles. The average molecular weight is 245 g/mol. The van der Waals surface area contributed by atoms with Gasteiger partial charge in [-0.05, 0) is 24.6 Å². The standard InChI is InChI=1S/C14H19NOSi/c1-11(14(15)16)13-7-5-6-12(10-13)8-9-17(2,3)4/h5-7,10-11H,1-4H3,(H2,15,16). The summed E-state index contributed by atoms with van der Waals surface area (Å²) < 4.78 is 0. The van der Waals surface area contributed by atoms with Crippen LogP contribution in [0.15, 0.2) is 24.3 Å². The van der Waals surface area contributed by atoms with Crippen LogP contribution in [0.1, 0.15) is 24.0 Å². The Labute approximate surface area is 104 Å². The van der Waals surface area contributed by atoms with E-state index in [2.05, 4.69) is 31.1 Å². The molecule has 0 heterocycles. The second-order valence-corrected chi connectivity index (χ2v) is 10.00. The first kappa shape index (κ1) is 13.5. The Morgan fingerprint density at radius 2 is 2.00 bits per heavy atom. The topological polar surface area (TPSA) is 43.1 Å². The Morgan fingerprint density at radius 1 is 1.35 bits per heavy atom. The summed E-state index contributed by atoms with van der Waals surface area (Å²) in [5.74, 6) is 2.61. The van der Waals surface area contributed by atoms with Crippen LogP contribution in [0.4, 0.5) is 0 Å². The molecule has 0 spiro atoms. The predicted molar refractivity (Wildman–Crippen MR) is 74.3 cm³/mol. The highest BCUT2D eigenvalue weighted by atomic mass is 28.3. The van der Waals surface area contributed by atoms with Crippen LogP contribution in [0.3, 0.4) is 0 Å². The summed E-state index contributed by atoms with van der Waals surface area (Å²) >= 11 is 0. The number of amides is 1. The molecular formula is C14H19NOSi. The molecule has 2 nitrogen and oxygen atoms in total. The fraction of sp³-hybridized carbons (Fsp3) is 0.357. The SMILES string of the molecule is CC(C(N)=O)c1cccc(C#C[Si](C)(C)C)c1. The molecule has 0 saturated heterocycles. The number of benzene rings is 1. The maximum atomic E-state index is 11.1. The molecule has 1 unspecified atom stereocenters. The van der Waals surface area contributed by atoms with Crippen molar-refractivity contribution in [3.63, 3.8) is 0 Å². The minimum Gasteiger partial charge on any atom is -0.369 e. The van der Waals surface area contributed by atoms with Crippen molar-refractivity contribution in [1.82, 2.24) is 0 Å². The van der Waals surface area contributed by atoms with Crippen molar-refractivity contribution in [2.45, 2.75) is 32.5 Å². The molecule has 0 aliphatic rings. The van der Waals surface area contributed by atoms with Crippen LogP contribution >= 0.6 is 0 Å². The number of hydrogen-bond acceptors (Lipinski definition) is 1. The van der Waals surface area contributed by atoms with Crippen LogP contribution < -0.4 is 5.73 Å². The van der Waals surface area contributed by atoms with Gasteiger partial charge in [0.15, 0.2) is 0 Å². The van der Waals surface area contributed by atoms with Gasteiger partial charge in [0.1, 0.15) is 8.07 Å². The number of rotatable bonds is 2. The van der Waals surface area contributed by atoms with Crippen LogP contribution in [-0.4, -0.2) is 14.0 Å². The van der Waals surface area contributed by atoms with E-state index >= 15 is 0 Å². The van der Waals surface area contributed by atoms with Gasteiger partial charge in [0, 0.05) is 5.56 Å². The Balaban J connectivity index is 3.01. The Bertz CT molecular complexity index is 477. The molecule has 1 aromatic carbocycles. The van der Waals surface area contributed by atoms with Gasteiger partial charge < -0.3 is 5.73 Å². The van der Waals surface area contributed by atoms with Gasteiger partial charge in [0.05, 0.1) is 5.92 Å². The van der Waals surface area contributed by atoms with E-state index in [1.54, 1.807) is 0 Å². The number of carbonyl (C=O) groups excluding carboxylic acids is 1. The summed E-state index contributed by atoms with van der Waals surface area (Å²) in [5, 5.41) is 0. The van der Waals surface area contributed by atoms with Gasteiger partial charge in [-0.3, -0.25) is 4.79 Å². The molecule has 2 N–H and O–H groups in total. The van der Waals surface area contributed by atoms with Gasteiger partial charge in [-0.1, -0.05) is 37.7 Å². The third-order valence-corrected chi connectivity index (χ3v) is 3.27. The van der Waals surface area contributed by atoms with Crippen molar-refractivity contribution in [3.8, 4) is 11.5 Å². The highest BCUT2D eigenvalue weighted by molar-refractivity contribution is 6.83. The first-order valence-corrected chi connectivity index (χ1v) is 9.22. The second-order valence-electron chi connectivity index (χ2n) is 5.25. The van der Waals surface area contributed by atoms with Crippen LogP contribution in [-0.2, 0) is 4.79 Å². The van der Waals surface area contributed by atoms with E-state index in [0.29, 0.717) is 0 Å². The minimum atomic E-state index is -1.36. The van der Waals surface area contributed by atoms with Crippen LogP contribution in [0, 0.1) is 11.5 Å². The molecule has 0 aliphatic heterocycles. The van der Waals surface area contributed by atoms with Gasteiger partial charge in [-0.15, -0.1) is 5.54 Å². The van der Waals surface area contributed by atoms with Gasteiger partial charge in [0.2, 0.25) is 5.91 Å². The van der Waals surface area contributed by atoms with Crippen molar-refractivity contribution in [2.75, 3.05) is 0 Å². The summed E-state index contributed by atoms with van der Waals surface area (Å²) in [4.78, 5) is 11.1. The summed E-state index contributed by atoms with van der Waals surface area (Å²) in [6.07, 6.45) is 0. The number of carbonyl (C=O) groups is 1. The van der Waals surface area contributed by atoms with Crippen LogP contribution in [0.25, 0.3) is 0 Å². The smallest absolute Gasteiger partial charge is 0.224 e. The highest BCUT2D eigenvalue weighted by Crippen LogP contribution is 2.15. The molecule has 1 atom stereocenters. The monoisotopic (exact) mass is 245 g/mol. The quantitative estimate of drug-likeness (QED) is 0.631. The van der Waals surface area contributed by atoms with E-state index in [4.69, 9.17) is 5.73 Å². The fourth-order valence-electron chi connectivity index (χ4n) is 1.31. The molecule has 1 amide bonds. The zero-order chi connectivity index (χ0) is 13.1. The number of primary amides is 1. The van der Waals surface area contributed by atoms with Crippen molar-refractivity contribution >= 4 is 14.0 Å². The first-order chi connectivity index (χ1) is 7.79. The maximum Gasteiger partial charge on any atom is 0.224 e. The Hall–Kier alpha value is -1.53. The van der Waals surface area contributed by atoms with E-state index in [1.165, 1.54) is 0 Å². The Kier molecular flexibility index (Phi) is 4.14. The third-order valence-electron chi connectivity index (χ3n) is 2.40. The van der Waals surface area contributed by atoms with Crippen molar-refractivity contribution in [2.24, 2.45) is 5.73 Å². The van der Waals surface area contributed by atoms with E-state index in [-0.39, 0.29) is 11.8 Å². The highest BCUT2D eigenvalue weighted by Gasteiger charge is 2.11. The molecular weight excluding hydrogens is 226 g/mol. The summed E-state index contributed by atoms with van der Waals surface area (Å²) in [7, 11) is -1.36. The predicted octanol–water partition coefficient (Wildman–Crippen LogP) is 2.50. The van der Waals surface area contributed by atoms with Crippen molar-refractivity contribution < 1.29 is 4.79 Å². The van der Waals surface area contributed by atoms with Gasteiger partial charge in [0.25, 0.3) is 0 Å². The second kappa shape index (κ2) is 5.20. The normalized spacial score (nSPS) is 12.5. The lowest BCUT2D eigenvalue weighted by molar-refractivity contribution is -0.119. The van der Waals surface area contributed by atoms with Gasteiger partial charge in [-0.2, -0.15) is 0 Å². The van der Waals surface area contributed by atoms with Crippen LogP contribution in [0.5, 0.6) is 0 Å². The molecule has 1 rings (SSSR count). The molecule has 3 heteroatoms. The zero-order valence-corrected chi connectivity index (χ0v) is 11.9. The first-order valence-electron chi connectivity index (χ1n) is 5.72. The van der Waals surface area contributed by atoms with E-state index < -0.39 is 8.07 Å². The summed E-state index contributed by atoms with van der Waals surface area (Å²) in [5.41, 5.74) is 10.5. The lowest BCUT2D eigenvalue weighted by Gasteiger charge is -2.08. The Morgan fingerprint density at radius 3 is 2.53 bits per heavy atom. The number of nitrogens with two attached hydrogens (primary N) is 1. The molecule has 0 fully saturated rings. The van der Waals surface area contributed by atoms with E-state index in [0.717, 1.165) is 11.1 Å². The van der Waals surface area contributed by atoms with Gasteiger partial charge >= 0.3 is 0 Å². The van der Waals surface area contributed by atoms with Crippen LogP contribution in [0.2, 0.25) is 19.6 Å². The molecule has 90 valence electrons. The van der Waals surface area contributed by atoms with E-state index in [9.17, 15) is 4.79 Å². The minimum absolute atomic E-state index is 0.261. The van der Waals surface area contributed by atoms with Gasteiger partial charge in [-0.25, -0.2) is 0 Å². The molecule has 17 heavy (non-hydrogen) atoms. The lowest BCUT2D eigenvalue weighted by Crippen LogP contribution is -2.18. The summed E-state index contributed by atoms with van der Waals surface area (Å²) in [6, 6.07) is 7.74. The maximum absolute atomic E-state index is 11.1. The molecule has 1 aromatic rings. The zero-order valence-electron chi connectivity index (χ0n) is 10.9. The average Bonchev–Trinajstić information content (AvgIpc) is 2.24. The van der Waals surface area contributed by atoms with E-state index in [1.807, 2.05) is 31.2 Å².